The van der Waals surface area contributed by atoms with Crippen molar-refractivity contribution in [2.75, 3.05) is 16.8 Å². The molecule has 7 heteroatoms. The Kier molecular flexibility index (Phi) is 2.97. The molecule has 0 saturated carbocycles. The molecule has 1 heterocycles. The molecule has 1 aromatic heterocycles. The van der Waals surface area contributed by atoms with E-state index in [0.717, 1.165) is 0 Å². The molecule has 2 rings (SSSR count). The number of rotatable bonds is 2. The Morgan fingerprint density at radius 1 is 1.18 bits per heavy atom. The van der Waals surface area contributed by atoms with Gasteiger partial charge in [-0.3, -0.25) is 0 Å². The van der Waals surface area contributed by atoms with Gasteiger partial charge in [0.25, 0.3) is 0 Å². The fraction of sp³-hybridized carbons (Fsp3) is 0. The molecule has 0 fully saturated rings. The molecule has 0 unspecified atom stereocenters. The van der Waals surface area contributed by atoms with Gasteiger partial charge in [-0.25, -0.2) is 4.39 Å². The summed E-state index contributed by atoms with van der Waals surface area (Å²) in [6, 6.07) is 5.69. The fourth-order valence-electron chi connectivity index (χ4n) is 1.28. The van der Waals surface area contributed by atoms with Gasteiger partial charge in [-0.05, 0) is 18.2 Å². The lowest BCUT2D eigenvalue weighted by atomic mass is 10.3. The van der Waals surface area contributed by atoms with Gasteiger partial charge in [0, 0.05) is 11.1 Å². The van der Waals surface area contributed by atoms with Crippen LogP contribution in [0.25, 0.3) is 0 Å². The average molecular weight is 254 g/mol. The van der Waals surface area contributed by atoms with Crippen LogP contribution >= 0.6 is 11.6 Å². The van der Waals surface area contributed by atoms with E-state index in [9.17, 15) is 4.39 Å². The third-order valence-corrected chi connectivity index (χ3v) is 2.19. The van der Waals surface area contributed by atoms with Crippen LogP contribution in [0.3, 0.4) is 0 Å². The van der Waals surface area contributed by atoms with Gasteiger partial charge < -0.3 is 16.8 Å². The number of nitrogens with one attached hydrogen (secondary N) is 1. The highest BCUT2D eigenvalue weighted by Gasteiger charge is 2.05. The van der Waals surface area contributed by atoms with E-state index in [-0.39, 0.29) is 17.5 Å². The third kappa shape index (κ3) is 2.73. The maximum atomic E-state index is 13.5. The molecule has 5 nitrogen and oxygen atoms in total. The van der Waals surface area contributed by atoms with Crippen LogP contribution in [0, 0.1) is 5.82 Å². The van der Waals surface area contributed by atoms with Gasteiger partial charge in [0.1, 0.15) is 17.5 Å². The Labute approximate surface area is 102 Å². The molecule has 0 aliphatic rings. The number of halogens is 2. The molecule has 88 valence electrons. The van der Waals surface area contributed by atoms with Gasteiger partial charge in [-0.2, -0.15) is 9.97 Å². The van der Waals surface area contributed by atoms with E-state index >= 15 is 0 Å². The topological polar surface area (TPSA) is 89.8 Å². The predicted molar refractivity (Wildman–Crippen MR) is 65.5 cm³/mol. The number of hydrogen-bond donors (Lipinski definition) is 3. The number of nitrogen functional groups attached to an aromatic ring is 2. The molecule has 0 aliphatic heterocycles. The Morgan fingerprint density at radius 2 is 1.94 bits per heavy atom. The van der Waals surface area contributed by atoms with E-state index in [1.807, 2.05) is 0 Å². The van der Waals surface area contributed by atoms with Gasteiger partial charge in [0.05, 0.1) is 5.69 Å². The predicted octanol–water partition coefficient (Wildman–Crippen LogP) is 2.18. The summed E-state index contributed by atoms with van der Waals surface area (Å²) in [4.78, 5) is 7.57. The number of nitrogens with two attached hydrogens (primary N) is 2. The molecule has 1 aromatic carbocycles. The summed E-state index contributed by atoms with van der Waals surface area (Å²) in [5.74, 6) is 0.0423. The zero-order valence-corrected chi connectivity index (χ0v) is 9.37. The average Bonchev–Trinajstić information content (AvgIpc) is 2.21. The molecular formula is C10H9ClFN5. The van der Waals surface area contributed by atoms with E-state index < -0.39 is 5.82 Å². The molecule has 0 saturated heterocycles. The van der Waals surface area contributed by atoms with Crippen LogP contribution in [0.2, 0.25) is 5.02 Å². The van der Waals surface area contributed by atoms with Crippen LogP contribution in [0.15, 0.2) is 24.3 Å². The number of anilines is 4. The van der Waals surface area contributed by atoms with Crippen molar-refractivity contribution in [1.29, 1.82) is 0 Å². The minimum atomic E-state index is -0.492. The number of benzene rings is 1. The second-order valence-electron chi connectivity index (χ2n) is 3.29. The Hall–Kier alpha value is -2.08. The first-order valence-electron chi connectivity index (χ1n) is 4.67. The highest BCUT2D eigenvalue weighted by atomic mass is 35.5. The molecular weight excluding hydrogens is 245 g/mol. The minimum absolute atomic E-state index is 0.0156. The molecule has 0 bridgehead atoms. The smallest absolute Gasteiger partial charge is 0.223 e. The van der Waals surface area contributed by atoms with E-state index in [0.29, 0.717) is 10.8 Å². The molecule has 0 spiro atoms. The number of hydrogen-bond acceptors (Lipinski definition) is 5. The molecule has 5 N–H and O–H groups in total. The summed E-state index contributed by atoms with van der Waals surface area (Å²) in [7, 11) is 0. The maximum Gasteiger partial charge on any atom is 0.223 e. The van der Waals surface area contributed by atoms with Gasteiger partial charge in [0.2, 0.25) is 5.95 Å². The van der Waals surface area contributed by atoms with Crippen molar-refractivity contribution in [2.45, 2.75) is 0 Å². The van der Waals surface area contributed by atoms with Crippen LogP contribution in [-0.2, 0) is 0 Å². The quantitative estimate of drug-likeness (QED) is 0.763. The third-order valence-electron chi connectivity index (χ3n) is 1.96. The lowest BCUT2D eigenvalue weighted by Crippen LogP contribution is -2.03. The van der Waals surface area contributed by atoms with Gasteiger partial charge >= 0.3 is 0 Å². The lowest BCUT2D eigenvalue weighted by molar-refractivity contribution is 0.632. The van der Waals surface area contributed by atoms with Gasteiger partial charge in [-0.1, -0.05) is 11.6 Å². The summed E-state index contributed by atoms with van der Waals surface area (Å²) in [6.07, 6.45) is 0. The molecule has 0 radical (unpaired) electrons. The summed E-state index contributed by atoms with van der Waals surface area (Å²) in [5.41, 5.74) is 11.1. The van der Waals surface area contributed by atoms with Gasteiger partial charge in [-0.15, -0.1) is 0 Å². The highest BCUT2D eigenvalue weighted by molar-refractivity contribution is 6.30. The molecule has 0 amide bonds. The Balaban J connectivity index is 2.31. The van der Waals surface area contributed by atoms with Crippen molar-refractivity contribution < 1.29 is 4.39 Å². The largest absolute Gasteiger partial charge is 0.383 e. The second-order valence-corrected chi connectivity index (χ2v) is 3.72. The van der Waals surface area contributed by atoms with Crippen molar-refractivity contribution in [1.82, 2.24) is 9.97 Å². The van der Waals surface area contributed by atoms with Crippen molar-refractivity contribution >= 4 is 34.9 Å². The van der Waals surface area contributed by atoms with E-state index in [4.69, 9.17) is 23.1 Å². The molecule has 17 heavy (non-hydrogen) atoms. The SMILES string of the molecule is Nc1cc(Nc2ccc(Cl)cc2F)nc(N)n1. The first kappa shape index (κ1) is 11.4. The normalized spacial score (nSPS) is 10.2. The minimum Gasteiger partial charge on any atom is -0.383 e. The van der Waals surface area contributed by atoms with E-state index in [1.54, 1.807) is 6.07 Å². The molecule has 2 aromatic rings. The Bertz CT molecular complexity index is 540. The highest BCUT2D eigenvalue weighted by Crippen LogP contribution is 2.22. The van der Waals surface area contributed by atoms with E-state index in [2.05, 4.69) is 15.3 Å². The monoisotopic (exact) mass is 253 g/mol. The van der Waals surface area contributed by atoms with E-state index in [1.165, 1.54) is 18.2 Å². The molecule has 0 atom stereocenters. The van der Waals surface area contributed by atoms with Crippen molar-refractivity contribution in [3.05, 3.63) is 35.1 Å². The molecule has 0 aliphatic carbocycles. The maximum absolute atomic E-state index is 13.5. The van der Waals surface area contributed by atoms with Gasteiger partial charge in [0.15, 0.2) is 0 Å². The zero-order valence-electron chi connectivity index (χ0n) is 8.61. The first-order valence-corrected chi connectivity index (χ1v) is 5.04. The summed E-state index contributed by atoms with van der Waals surface area (Å²) in [5, 5.41) is 3.05. The van der Waals surface area contributed by atoms with Crippen molar-refractivity contribution in [3.63, 3.8) is 0 Å². The number of nitrogens with zero attached hydrogens (tertiary/aromatic N) is 2. The first-order chi connectivity index (χ1) is 8.04. The summed E-state index contributed by atoms with van der Waals surface area (Å²) >= 11 is 5.64. The van der Waals surface area contributed by atoms with Crippen molar-refractivity contribution in [2.24, 2.45) is 0 Å². The number of aromatic nitrogens is 2. The second kappa shape index (κ2) is 4.42. The van der Waals surface area contributed by atoms with Crippen LogP contribution in [0.4, 0.5) is 27.7 Å². The lowest BCUT2D eigenvalue weighted by Gasteiger charge is -2.07. The van der Waals surface area contributed by atoms with Crippen LogP contribution in [-0.4, -0.2) is 9.97 Å². The standard InChI is InChI=1S/C10H9ClFN5/c11-5-1-2-7(6(12)3-5)15-9-4-8(13)16-10(14)17-9/h1-4H,(H5,13,14,15,16,17). The fourth-order valence-corrected chi connectivity index (χ4v) is 1.44. The van der Waals surface area contributed by atoms with Crippen LogP contribution < -0.4 is 16.8 Å². The van der Waals surface area contributed by atoms with Crippen LogP contribution in [0.1, 0.15) is 0 Å². The summed E-state index contributed by atoms with van der Waals surface area (Å²) in [6.45, 7) is 0. The van der Waals surface area contributed by atoms with Crippen molar-refractivity contribution in [3.8, 4) is 0 Å². The Morgan fingerprint density at radius 3 is 2.59 bits per heavy atom. The zero-order chi connectivity index (χ0) is 12.4. The summed E-state index contributed by atoms with van der Waals surface area (Å²) < 4.78 is 13.5. The van der Waals surface area contributed by atoms with Crippen LogP contribution in [0.5, 0.6) is 0 Å².